The van der Waals surface area contributed by atoms with E-state index < -0.39 is 0 Å². The number of hydrogen-bond acceptors (Lipinski definition) is 3. The molecule has 3 nitrogen and oxygen atoms in total. The summed E-state index contributed by atoms with van der Waals surface area (Å²) < 4.78 is 0. The van der Waals surface area contributed by atoms with Crippen molar-refractivity contribution in [2.45, 2.75) is 46.0 Å². The third-order valence-electron chi connectivity index (χ3n) is 3.84. The molecule has 0 fully saturated rings. The van der Waals surface area contributed by atoms with Crippen molar-refractivity contribution in [2.24, 2.45) is 5.41 Å². The molecule has 2 N–H and O–H groups in total. The molecule has 1 amide bonds. The van der Waals surface area contributed by atoms with Gasteiger partial charge in [-0.25, -0.2) is 0 Å². The molecule has 1 aromatic heterocycles. The molecule has 0 atom stereocenters. The Hall–Kier alpha value is -1.03. The Morgan fingerprint density at radius 3 is 2.37 bits per heavy atom. The van der Waals surface area contributed by atoms with Crippen molar-refractivity contribution >= 4 is 22.2 Å². The van der Waals surface area contributed by atoms with E-state index in [0.717, 1.165) is 18.4 Å². The fraction of sp³-hybridized carbons (Fsp3) is 0.667. The third kappa shape index (κ3) is 2.38. The van der Waals surface area contributed by atoms with Crippen molar-refractivity contribution in [1.29, 1.82) is 0 Å². The Morgan fingerprint density at radius 1 is 1.26 bits per heavy atom. The van der Waals surface area contributed by atoms with Gasteiger partial charge in [-0.1, -0.05) is 27.7 Å². The largest absolute Gasteiger partial charge is 0.390 e. The van der Waals surface area contributed by atoms with Gasteiger partial charge in [0.15, 0.2) is 0 Å². The van der Waals surface area contributed by atoms with Crippen LogP contribution in [0.1, 0.15) is 54.9 Å². The van der Waals surface area contributed by atoms with Crippen LogP contribution in [0.25, 0.3) is 0 Å². The highest BCUT2D eigenvalue weighted by Gasteiger charge is 2.41. The van der Waals surface area contributed by atoms with E-state index in [-0.39, 0.29) is 16.7 Å². The molecule has 1 aliphatic rings. The summed E-state index contributed by atoms with van der Waals surface area (Å²) in [6.07, 6.45) is 2.07. The molecule has 19 heavy (non-hydrogen) atoms. The van der Waals surface area contributed by atoms with Gasteiger partial charge >= 0.3 is 0 Å². The monoisotopic (exact) mass is 280 g/mol. The van der Waals surface area contributed by atoms with Crippen LogP contribution in [0, 0.1) is 5.41 Å². The van der Waals surface area contributed by atoms with E-state index in [1.54, 1.807) is 30.3 Å². The fourth-order valence-electron chi connectivity index (χ4n) is 3.48. The number of carbonyl (C=O) groups excluding carboxylic acids is 1. The molecule has 4 heteroatoms. The lowest BCUT2D eigenvalue weighted by atomic mass is 9.65. The van der Waals surface area contributed by atoms with Gasteiger partial charge in [-0.05, 0) is 29.2 Å². The third-order valence-corrected chi connectivity index (χ3v) is 5.27. The van der Waals surface area contributed by atoms with Crippen molar-refractivity contribution in [3.8, 4) is 0 Å². The van der Waals surface area contributed by atoms with Crippen LogP contribution in [0.4, 0.5) is 5.00 Å². The van der Waals surface area contributed by atoms with Crippen LogP contribution in [0.3, 0.4) is 0 Å². The average Bonchev–Trinajstić information content (AvgIpc) is 2.51. The molecule has 0 bridgehead atoms. The first-order valence-electron chi connectivity index (χ1n) is 6.68. The number of hydrogen-bond donors (Lipinski definition) is 1. The molecule has 1 aliphatic carbocycles. The predicted molar refractivity (Wildman–Crippen MR) is 81.9 cm³/mol. The van der Waals surface area contributed by atoms with E-state index in [1.165, 1.54) is 10.4 Å². The minimum absolute atomic E-state index is 0.0310. The number of anilines is 1. The Morgan fingerprint density at radius 2 is 1.84 bits per heavy atom. The molecule has 2 rings (SSSR count). The minimum Gasteiger partial charge on any atom is -0.390 e. The Balaban J connectivity index is 2.63. The lowest BCUT2D eigenvalue weighted by Crippen LogP contribution is -2.35. The number of nitrogen functional groups attached to an aromatic ring is 1. The molecule has 0 unspecified atom stereocenters. The van der Waals surface area contributed by atoms with Crippen LogP contribution in [-0.2, 0) is 11.8 Å². The summed E-state index contributed by atoms with van der Waals surface area (Å²) in [6, 6.07) is 0. The molecule has 0 aromatic carbocycles. The van der Waals surface area contributed by atoms with Crippen LogP contribution in [-0.4, -0.2) is 24.9 Å². The molecule has 0 saturated carbocycles. The van der Waals surface area contributed by atoms with Gasteiger partial charge in [-0.3, -0.25) is 4.79 Å². The molecule has 0 spiro atoms. The zero-order valence-electron chi connectivity index (χ0n) is 12.8. The molecule has 0 radical (unpaired) electrons. The average molecular weight is 280 g/mol. The van der Waals surface area contributed by atoms with Crippen molar-refractivity contribution in [3.63, 3.8) is 0 Å². The van der Waals surface area contributed by atoms with Crippen molar-refractivity contribution < 1.29 is 4.79 Å². The van der Waals surface area contributed by atoms with Crippen LogP contribution < -0.4 is 5.73 Å². The zero-order valence-corrected chi connectivity index (χ0v) is 13.6. The topological polar surface area (TPSA) is 46.3 Å². The summed E-state index contributed by atoms with van der Waals surface area (Å²) in [5.74, 6) is 0.0310. The van der Waals surface area contributed by atoms with Gasteiger partial charge in [0.2, 0.25) is 0 Å². The number of rotatable bonds is 1. The van der Waals surface area contributed by atoms with Crippen LogP contribution >= 0.6 is 11.3 Å². The first-order valence-corrected chi connectivity index (χ1v) is 7.50. The summed E-state index contributed by atoms with van der Waals surface area (Å²) >= 11 is 1.60. The SMILES string of the molecule is CN(C)C(=O)c1c(N)sc2c1CC(C)(C)CC2(C)C. The predicted octanol–water partition coefficient (Wildman–Crippen LogP) is 3.28. The molecular weight excluding hydrogens is 256 g/mol. The number of nitrogens with zero attached hydrogens (tertiary/aromatic N) is 1. The highest BCUT2D eigenvalue weighted by Crippen LogP contribution is 2.51. The number of nitrogens with two attached hydrogens (primary N) is 1. The molecule has 106 valence electrons. The molecular formula is C15H24N2OS. The second kappa shape index (κ2) is 4.23. The highest BCUT2D eigenvalue weighted by molar-refractivity contribution is 7.16. The Bertz CT molecular complexity index is 526. The van der Waals surface area contributed by atoms with E-state index in [4.69, 9.17) is 5.73 Å². The number of amides is 1. The fourth-order valence-corrected chi connectivity index (χ4v) is 4.65. The van der Waals surface area contributed by atoms with E-state index in [9.17, 15) is 4.79 Å². The first-order chi connectivity index (χ1) is 8.55. The van der Waals surface area contributed by atoms with Crippen LogP contribution in [0.2, 0.25) is 0 Å². The maximum Gasteiger partial charge on any atom is 0.256 e. The first kappa shape index (κ1) is 14.4. The molecule has 0 saturated heterocycles. The Labute approximate surface area is 119 Å². The normalized spacial score (nSPS) is 19.9. The summed E-state index contributed by atoms with van der Waals surface area (Å²) in [5, 5.41) is 0.675. The standard InChI is InChI=1S/C15H24N2OS/c1-14(2)7-9-10(13(18)17(5)6)12(16)19-11(9)15(3,4)8-14/h7-8,16H2,1-6H3. The van der Waals surface area contributed by atoms with E-state index in [2.05, 4.69) is 27.7 Å². The number of fused-ring (bicyclic) bond motifs is 1. The van der Waals surface area contributed by atoms with Crippen LogP contribution in [0.5, 0.6) is 0 Å². The van der Waals surface area contributed by atoms with Crippen molar-refractivity contribution in [3.05, 3.63) is 16.0 Å². The Kier molecular flexibility index (Phi) is 3.21. The van der Waals surface area contributed by atoms with Gasteiger partial charge in [0.05, 0.1) is 10.6 Å². The second-order valence-corrected chi connectivity index (χ2v) is 8.30. The van der Waals surface area contributed by atoms with E-state index in [1.807, 2.05) is 0 Å². The number of thiophene rings is 1. The van der Waals surface area contributed by atoms with Gasteiger partial charge in [0.25, 0.3) is 5.91 Å². The zero-order chi connectivity index (χ0) is 14.6. The van der Waals surface area contributed by atoms with Gasteiger partial charge in [0.1, 0.15) is 0 Å². The van der Waals surface area contributed by atoms with Crippen molar-refractivity contribution in [1.82, 2.24) is 4.90 Å². The smallest absolute Gasteiger partial charge is 0.256 e. The van der Waals surface area contributed by atoms with Gasteiger partial charge in [0, 0.05) is 19.0 Å². The van der Waals surface area contributed by atoms with Gasteiger partial charge in [-0.2, -0.15) is 0 Å². The highest BCUT2D eigenvalue weighted by atomic mass is 32.1. The maximum absolute atomic E-state index is 12.4. The summed E-state index contributed by atoms with van der Waals surface area (Å²) in [4.78, 5) is 15.3. The van der Waals surface area contributed by atoms with Crippen LogP contribution in [0.15, 0.2) is 0 Å². The van der Waals surface area contributed by atoms with E-state index >= 15 is 0 Å². The summed E-state index contributed by atoms with van der Waals surface area (Å²) in [5.41, 5.74) is 8.38. The lowest BCUT2D eigenvalue weighted by Gasteiger charge is -2.40. The lowest BCUT2D eigenvalue weighted by molar-refractivity contribution is 0.0826. The van der Waals surface area contributed by atoms with Gasteiger partial charge < -0.3 is 10.6 Å². The quantitative estimate of drug-likeness (QED) is 0.858. The molecule has 0 aliphatic heterocycles. The molecule has 1 heterocycles. The maximum atomic E-state index is 12.4. The van der Waals surface area contributed by atoms with E-state index in [0.29, 0.717) is 5.00 Å². The molecule has 1 aromatic rings. The second-order valence-electron chi connectivity index (χ2n) is 7.25. The summed E-state index contributed by atoms with van der Waals surface area (Å²) in [6.45, 7) is 9.06. The number of carbonyl (C=O) groups is 1. The minimum atomic E-state index is 0.0310. The van der Waals surface area contributed by atoms with Gasteiger partial charge in [-0.15, -0.1) is 11.3 Å². The summed E-state index contributed by atoms with van der Waals surface area (Å²) in [7, 11) is 3.57. The van der Waals surface area contributed by atoms with Crippen molar-refractivity contribution in [2.75, 3.05) is 19.8 Å².